The number of imide groups is 1. The van der Waals surface area contributed by atoms with Gasteiger partial charge in [-0.15, -0.1) is 0 Å². The summed E-state index contributed by atoms with van der Waals surface area (Å²) in [4.78, 5) is 21.4. The molecule has 0 N–H and O–H groups in total. The van der Waals surface area contributed by atoms with Crippen LogP contribution in [0.4, 0.5) is 0 Å². The molecule has 1 aliphatic rings. The summed E-state index contributed by atoms with van der Waals surface area (Å²) in [5, 5.41) is 0. The van der Waals surface area contributed by atoms with Gasteiger partial charge in [-0.05, 0) is 0 Å². The predicted molar refractivity (Wildman–Crippen MR) is 34.6 cm³/mol. The maximum atomic E-state index is 10.8. The molecule has 0 bridgehead atoms. The first-order chi connectivity index (χ1) is 4.13. The van der Waals surface area contributed by atoms with Crippen molar-refractivity contribution >= 4 is 28.0 Å². The first kappa shape index (κ1) is 6.74. The Morgan fingerprint density at radius 2 is 2.22 bits per heavy atom. The Hall–Kier alpha value is -0.380. The number of halogens is 1. The van der Waals surface area contributed by atoms with Crippen molar-refractivity contribution in [2.45, 2.75) is 13.3 Å². The van der Waals surface area contributed by atoms with Crippen LogP contribution in [0.15, 0.2) is 0 Å². The molecule has 1 atom stereocenters. The molecule has 0 aromatic rings. The van der Waals surface area contributed by atoms with Crippen LogP contribution in [0.3, 0.4) is 0 Å². The molecule has 50 valence electrons. The van der Waals surface area contributed by atoms with Crippen molar-refractivity contribution < 1.29 is 9.59 Å². The summed E-state index contributed by atoms with van der Waals surface area (Å²) in [6.45, 7) is 1.74. The summed E-state index contributed by atoms with van der Waals surface area (Å²) in [6.07, 6.45) is 0.337. The van der Waals surface area contributed by atoms with Crippen molar-refractivity contribution in [2.24, 2.45) is 5.92 Å². The number of nitrogens with zero attached hydrogens (tertiary/aromatic N) is 1. The number of hydrogen-bond donors (Lipinski definition) is 0. The molecule has 1 aliphatic heterocycles. The Labute approximate surface area is 61.4 Å². The van der Waals surface area contributed by atoms with Gasteiger partial charge in [0.1, 0.15) is 0 Å². The van der Waals surface area contributed by atoms with Gasteiger partial charge in [-0.25, -0.2) is 3.93 Å². The van der Waals surface area contributed by atoms with E-state index in [1.54, 1.807) is 6.92 Å². The zero-order valence-corrected chi connectivity index (χ0v) is 6.51. The molecule has 1 saturated heterocycles. The fourth-order valence-electron chi connectivity index (χ4n) is 0.746. The van der Waals surface area contributed by atoms with E-state index in [0.29, 0.717) is 6.42 Å². The van der Waals surface area contributed by atoms with Gasteiger partial charge in [-0.3, -0.25) is 9.59 Å². The maximum absolute atomic E-state index is 10.8. The lowest BCUT2D eigenvalue weighted by atomic mass is 10.1. The van der Waals surface area contributed by atoms with Crippen LogP contribution in [0.5, 0.6) is 0 Å². The predicted octanol–water partition coefficient (Wildman–Crippen LogP) is 0.691. The molecule has 0 aromatic carbocycles. The van der Waals surface area contributed by atoms with Crippen molar-refractivity contribution in [3.8, 4) is 0 Å². The van der Waals surface area contributed by atoms with E-state index in [1.807, 2.05) is 0 Å². The summed E-state index contributed by atoms with van der Waals surface area (Å²) >= 11 is 2.84. The largest absolute Gasteiger partial charge is 0.273 e. The zero-order chi connectivity index (χ0) is 7.02. The molecule has 9 heavy (non-hydrogen) atoms. The maximum Gasteiger partial charge on any atom is 0.242 e. The highest BCUT2D eigenvalue weighted by molar-refractivity contribution is 9.08. The number of carbonyl (C=O) groups is 2. The van der Waals surface area contributed by atoms with Gasteiger partial charge in [0, 0.05) is 12.3 Å². The normalized spacial score (nSPS) is 27.8. The first-order valence-corrected chi connectivity index (χ1v) is 3.36. The molecular formula is C5H6BrNO2. The van der Waals surface area contributed by atoms with Crippen LogP contribution in [-0.2, 0) is 9.59 Å². The molecule has 1 rings (SSSR count). The van der Waals surface area contributed by atoms with Crippen molar-refractivity contribution in [1.29, 1.82) is 0 Å². The van der Waals surface area contributed by atoms with Gasteiger partial charge in [0.25, 0.3) is 0 Å². The van der Waals surface area contributed by atoms with Gasteiger partial charge in [-0.2, -0.15) is 0 Å². The fraction of sp³-hybridized carbons (Fsp3) is 0.600. The van der Waals surface area contributed by atoms with Crippen molar-refractivity contribution in [3.05, 3.63) is 0 Å². The van der Waals surface area contributed by atoms with Crippen LogP contribution in [-0.4, -0.2) is 15.7 Å². The Balaban J connectivity index is 2.77. The summed E-state index contributed by atoms with van der Waals surface area (Å²) < 4.78 is 0.998. The Morgan fingerprint density at radius 3 is 2.33 bits per heavy atom. The van der Waals surface area contributed by atoms with Crippen LogP contribution < -0.4 is 0 Å². The molecule has 0 aliphatic carbocycles. The highest BCUT2D eigenvalue weighted by Crippen LogP contribution is 2.21. The standard InChI is InChI=1S/C5H6BrNO2/c1-3-2-4(8)7(6)5(3)9/h3H,2H2,1H3. The minimum Gasteiger partial charge on any atom is -0.273 e. The minimum atomic E-state index is -0.146. The monoisotopic (exact) mass is 191 g/mol. The van der Waals surface area contributed by atoms with E-state index in [4.69, 9.17) is 0 Å². The second-order valence-electron chi connectivity index (χ2n) is 2.12. The first-order valence-electron chi connectivity index (χ1n) is 2.65. The lowest BCUT2D eigenvalue weighted by Gasteiger charge is -1.99. The second-order valence-corrected chi connectivity index (χ2v) is 2.83. The third-order valence-electron chi connectivity index (χ3n) is 1.31. The van der Waals surface area contributed by atoms with Crippen LogP contribution in [0.2, 0.25) is 0 Å². The van der Waals surface area contributed by atoms with Gasteiger partial charge in [0.05, 0.1) is 16.1 Å². The van der Waals surface area contributed by atoms with E-state index in [9.17, 15) is 9.59 Å². The third kappa shape index (κ3) is 0.986. The van der Waals surface area contributed by atoms with Crippen LogP contribution in [0.25, 0.3) is 0 Å². The topological polar surface area (TPSA) is 37.4 Å². The molecule has 1 unspecified atom stereocenters. The lowest BCUT2D eigenvalue weighted by molar-refractivity contribution is -0.132. The highest BCUT2D eigenvalue weighted by Gasteiger charge is 2.33. The van der Waals surface area contributed by atoms with Crippen LogP contribution >= 0.6 is 16.1 Å². The summed E-state index contributed by atoms with van der Waals surface area (Å²) in [6, 6.07) is 0. The Bertz CT molecular complexity index is 168. The van der Waals surface area contributed by atoms with Gasteiger partial charge < -0.3 is 0 Å². The molecule has 1 fully saturated rings. The van der Waals surface area contributed by atoms with E-state index in [2.05, 4.69) is 16.1 Å². The minimum absolute atomic E-state index is 0.139. The van der Waals surface area contributed by atoms with Crippen molar-refractivity contribution in [1.82, 2.24) is 3.93 Å². The second kappa shape index (κ2) is 2.10. The van der Waals surface area contributed by atoms with Crippen molar-refractivity contribution in [2.75, 3.05) is 0 Å². The van der Waals surface area contributed by atoms with E-state index in [-0.39, 0.29) is 17.7 Å². The van der Waals surface area contributed by atoms with Crippen LogP contribution in [0, 0.1) is 5.92 Å². The smallest absolute Gasteiger partial charge is 0.242 e. The van der Waals surface area contributed by atoms with Gasteiger partial charge in [0.2, 0.25) is 11.8 Å². The Morgan fingerprint density at radius 1 is 1.67 bits per heavy atom. The average Bonchev–Trinajstić information content (AvgIpc) is 1.98. The molecular weight excluding hydrogens is 186 g/mol. The van der Waals surface area contributed by atoms with E-state index in [0.717, 1.165) is 3.93 Å². The van der Waals surface area contributed by atoms with E-state index < -0.39 is 0 Å². The molecule has 2 amide bonds. The van der Waals surface area contributed by atoms with Crippen LogP contribution in [0.1, 0.15) is 13.3 Å². The summed E-state index contributed by atoms with van der Waals surface area (Å²) in [5.74, 6) is -0.427. The molecule has 1 heterocycles. The molecule has 0 aromatic heterocycles. The van der Waals surface area contributed by atoms with E-state index >= 15 is 0 Å². The lowest BCUT2D eigenvalue weighted by Crippen LogP contribution is -2.18. The molecule has 0 saturated carbocycles. The number of hydrogen-bond acceptors (Lipinski definition) is 2. The molecule has 3 nitrogen and oxygen atoms in total. The summed E-state index contributed by atoms with van der Waals surface area (Å²) in [5.41, 5.74) is 0. The summed E-state index contributed by atoms with van der Waals surface area (Å²) in [7, 11) is 0. The van der Waals surface area contributed by atoms with Gasteiger partial charge >= 0.3 is 0 Å². The SMILES string of the molecule is CC1CC(=O)N(Br)C1=O. The quantitative estimate of drug-likeness (QED) is 0.418. The molecule has 0 spiro atoms. The molecule has 4 heteroatoms. The number of rotatable bonds is 0. The Kier molecular flexibility index (Phi) is 1.57. The average molecular weight is 192 g/mol. The highest BCUT2D eigenvalue weighted by atomic mass is 79.9. The number of carbonyl (C=O) groups excluding carboxylic acids is 2. The fourth-order valence-corrected chi connectivity index (χ4v) is 1.24. The van der Waals surface area contributed by atoms with Gasteiger partial charge in [-0.1, -0.05) is 6.92 Å². The van der Waals surface area contributed by atoms with E-state index in [1.165, 1.54) is 0 Å². The number of amides is 2. The van der Waals surface area contributed by atoms with Gasteiger partial charge in [0.15, 0.2) is 0 Å². The molecule has 0 radical (unpaired) electrons. The van der Waals surface area contributed by atoms with Crippen molar-refractivity contribution in [3.63, 3.8) is 0 Å². The third-order valence-corrected chi connectivity index (χ3v) is 2.06. The zero-order valence-electron chi connectivity index (χ0n) is 4.93.